The van der Waals surface area contributed by atoms with E-state index in [2.05, 4.69) is 72.2 Å². The van der Waals surface area contributed by atoms with Crippen LogP contribution < -0.4 is 4.90 Å². The Kier molecular flexibility index (Phi) is 10.8. The van der Waals surface area contributed by atoms with Crippen molar-refractivity contribution >= 4 is 72.7 Å². The van der Waals surface area contributed by atoms with Crippen molar-refractivity contribution in [3.63, 3.8) is 0 Å². The number of hydrogen-bond acceptors (Lipinski definition) is 5. The Labute approximate surface area is 208 Å². The molecule has 3 aromatic rings. The van der Waals surface area contributed by atoms with Crippen LogP contribution in [0.4, 0.5) is 5.13 Å². The largest absolute Gasteiger partial charge is 0.309 e. The van der Waals surface area contributed by atoms with Crippen LogP contribution in [0.2, 0.25) is 0 Å². The number of thiazole rings is 1. The Morgan fingerprint density at radius 3 is 2.55 bits per heavy atom. The van der Waals surface area contributed by atoms with Crippen LogP contribution in [0, 0.1) is 6.92 Å². The number of aromatic nitrogens is 1. The van der Waals surface area contributed by atoms with Gasteiger partial charge in [-0.25, -0.2) is 4.98 Å². The molecule has 168 valence electrons. The molecule has 0 fully saturated rings. The van der Waals surface area contributed by atoms with E-state index in [0.29, 0.717) is 13.0 Å². The summed E-state index contributed by atoms with van der Waals surface area (Å²) in [4.78, 5) is 23.1. The van der Waals surface area contributed by atoms with Gasteiger partial charge in [-0.15, -0.1) is 24.2 Å². The van der Waals surface area contributed by atoms with Crippen LogP contribution >= 0.6 is 51.4 Å². The number of thioether (sulfide) groups is 1. The minimum absolute atomic E-state index is 0. The van der Waals surface area contributed by atoms with Crippen LogP contribution in [0.5, 0.6) is 0 Å². The maximum absolute atomic E-state index is 13.1. The van der Waals surface area contributed by atoms with Gasteiger partial charge in [0, 0.05) is 22.3 Å². The number of carbonyl (C=O) groups excluding carboxylic acids is 1. The van der Waals surface area contributed by atoms with Crippen LogP contribution in [-0.2, 0) is 4.79 Å². The van der Waals surface area contributed by atoms with Crippen molar-refractivity contribution in [3.8, 4) is 0 Å². The fourth-order valence-electron chi connectivity index (χ4n) is 3.06. The number of rotatable bonds is 10. The maximum Gasteiger partial charge on any atom is 0.228 e. The maximum atomic E-state index is 13.1. The molecule has 31 heavy (non-hydrogen) atoms. The zero-order valence-electron chi connectivity index (χ0n) is 18.1. The van der Waals surface area contributed by atoms with Gasteiger partial charge in [-0.1, -0.05) is 45.0 Å². The second-order valence-corrected chi connectivity index (χ2v) is 10.7. The second-order valence-electron chi connectivity index (χ2n) is 7.58. The average molecular weight is 543 g/mol. The zero-order valence-corrected chi connectivity index (χ0v) is 22.2. The molecule has 0 saturated carbocycles. The van der Waals surface area contributed by atoms with Gasteiger partial charge in [0.15, 0.2) is 5.13 Å². The molecule has 1 amide bonds. The van der Waals surface area contributed by atoms with E-state index in [1.165, 1.54) is 10.5 Å². The number of halogens is 2. The van der Waals surface area contributed by atoms with E-state index in [4.69, 9.17) is 4.98 Å². The van der Waals surface area contributed by atoms with Crippen molar-refractivity contribution in [3.05, 3.63) is 52.5 Å². The van der Waals surface area contributed by atoms with Crippen molar-refractivity contribution in [2.24, 2.45) is 0 Å². The predicted octanol–water partition coefficient (Wildman–Crippen LogP) is 6.65. The highest BCUT2D eigenvalue weighted by Crippen LogP contribution is 2.31. The Morgan fingerprint density at radius 1 is 1.10 bits per heavy atom. The fourth-order valence-corrected chi connectivity index (χ4v) is 5.47. The smallest absolute Gasteiger partial charge is 0.228 e. The summed E-state index contributed by atoms with van der Waals surface area (Å²) in [5, 5.41) is 0.804. The van der Waals surface area contributed by atoms with E-state index in [-0.39, 0.29) is 18.3 Å². The molecule has 1 heterocycles. The minimum atomic E-state index is 0. The minimum Gasteiger partial charge on any atom is -0.309 e. The standard InChI is InChI=1S/C23H28BrN3OS2.ClH/c1-17-7-10-19(11-8-17)29-15-4-6-22(28)27(14-5-13-26(2)3)23-25-20-12-9-18(24)16-21(20)30-23;/h7-12,16H,4-6,13-15H2,1-3H3;1H. The van der Waals surface area contributed by atoms with Crippen LogP contribution in [0.1, 0.15) is 24.8 Å². The van der Waals surface area contributed by atoms with E-state index in [1.807, 2.05) is 28.8 Å². The van der Waals surface area contributed by atoms with E-state index in [1.54, 1.807) is 11.3 Å². The average Bonchev–Trinajstić information content (AvgIpc) is 3.12. The fraction of sp³-hybridized carbons (Fsp3) is 0.391. The molecule has 2 aromatic carbocycles. The van der Waals surface area contributed by atoms with Crippen LogP contribution in [0.25, 0.3) is 10.2 Å². The molecule has 0 radical (unpaired) electrons. The summed E-state index contributed by atoms with van der Waals surface area (Å²) >= 11 is 6.92. The van der Waals surface area contributed by atoms with Gasteiger partial charge in [0.2, 0.25) is 5.91 Å². The molecule has 0 saturated heterocycles. The third-order valence-electron chi connectivity index (χ3n) is 4.68. The topological polar surface area (TPSA) is 36.4 Å². The Bertz CT molecular complexity index is 979. The van der Waals surface area contributed by atoms with Gasteiger partial charge in [-0.2, -0.15) is 0 Å². The highest BCUT2D eigenvalue weighted by Gasteiger charge is 2.19. The summed E-state index contributed by atoms with van der Waals surface area (Å²) in [6.45, 7) is 3.74. The predicted molar refractivity (Wildman–Crippen MR) is 141 cm³/mol. The first kappa shape index (κ1) is 26.1. The molecule has 8 heteroatoms. The summed E-state index contributed by atoms with van der Waals surface area (Å²) in [7, 11) is 4.12. The van der Waals surface area contributed by atoms with Gasteiger partial charge in [0.1, 0.15) is 0 Å². The SMILES string of the molecule is Cc1ccc(SCCCC(=O)N(CCCN(C)C)c2nc3ccc(Br)cc3s2)cc1.Cl. The molecule has 3 rings (SSSR count). The van der Waals surface area contributed by atoms with E-state index < -0.39 is 0 Å². The molecule has 0 aliphatic carbocycles. The van der Waals surface area contributed by atoms with E-state index >= 15 is 0 Å². The number of amides is 1. The van der Waals surface area contributed by atoms with Crippen molar-refractivity contribution in [1.29, 1.82) is 0 Å². The molecule has 0 aliphatic rings. The quantitative estimate of drug-likeness (QED) is 0.212. The Morgan fingerprint density at radius 2 is 1.84 bits per heavy atom. The third-order valence-corrected chi connectivity index (χ3v) is 7.32. The lowest BCUT2D eigenvalue weighted by Crippen LogP contribution is -2.33. The summed E-state index contributed by atoms with van der Waals surface area (Å²) in [6, 6.07) is 14.6. The van der Waals surface area contributed by atoms with Crippen LogP contribution in [0.3, 0.4) is 0 Å². The van der Waals surface area contributed by atoms with Gasteiger partial charge in [-0.3, -0.25) is 9.69 Å². The summed E-state index contributed by atoms with van der Waals surface area (Å²) < 4.78 is 2.13. The Balaban J connectivity index is 0.00000341. The first-order valence-electron chi connectivity index (χ1n) is 10.1. The summed E-state index contributed by atoms with van der Waals surface area (Å²) in [5.41, 5.74) is 2.21. The molecule has 4 nitrogen and oxygen atoms in total. The van der Waals surface area contributed by atoms with Gasteiger partial charge >= 0.3 is 0 Å². The number of benzene rings is 2. The molecule has 0 bridgehead atoms. The molecule has 0 N–H and O–H groups in total. The molecule has 0 aliphatic heterocycles. The second kappa shape index (κ2) is 12.8. The molecular formula is C23H29BrClN3OS2. The number of fused-ring (bicyclic) bond motifs is 1. The lowest BCUT2D eigenvalue weighted by molar-refractivity contribution is -0.118. The number of carbonyl (C=O) groups is 1. The van der Waals surface area contributed by atoms with Crippen molar-refractivity contribution in [2.75, 3.05) is 37.8 Å². The third kappa shape index (κ3) is 8.06. The van der Waals surface area contributed by atoms with Crippen molar-refractivity contribution in [2.45, 2.75) is 31.1 Å². The van der Waals surface area contributed by atoms with Gasteiger partial charge in [-0.05, 0) is 76.5 Å². The van der Waals surface area contributed by atoms with Crippen molar-refractivity contribution in [1.82, 2.24) is 9.88 Å². The molecule has 0 spiro atoms. The highest BCUT2D eigenvalue weighted by atomic mass is 79.9. The van der Waals surface area contributed by atoms with Crippen LogP contribution in [-0.4, -0.2) is 48.7 Å². The van der Waals surface area contributed by atoms with Crippen LogP contribution in [0.15, 0.2) is 51.8 Å². The van der Waals surface area contributed by atoms with Crippen molar-refractivity contribution < 1.29 is 4.79 Å². The molecule has 1 aromatic heterocycles. The monoisotopic (exact) mass is 541 g/mol. The van der Waals surface area contributed by atoms with Gasteiger partial charge < -0.3 is 4.90 Å². The first-order valence-corrected chi connectivity index (χ1v) is 12.7. The van der Waals surface area contributed by atoms with Gasteiger partial charge in [0.05, 0.1) is 10.2 Å². The van der Waals surface area contributed by atoms with Gasteiger partial charge in [0.25, 0.3) is 0 Å². The lowest BCUT2D eigenvalue weighted by atomic mass is 10.2. The highest BCUT2D eigenvalue weighted by molar-refractivity contribution is 9.10. The zero-order chi connectivity index (χ0) is 21.5. The molecule has 0 unspecified atom stereocenters. The number of nitrogens with zero attached hydrogens (tertiary/aromatic N) is 3. The molecular weight excluding hydrogens is 514 g/mol. The summed E-state index contributed by atoms with van der Waals surface area (Å²) in [5.74, 6) is 1.10. The Hall–Kier alpha value is -1.12. The first-order chi connectivity index (χ1) is 14.4. The lowest BCUT2D eigenvalue weighted by Gasteiger charge is -2.21. The molecule has 0 atom stereocenters. The van der Waals surface area contributed by atoms with E-state index in [9.17, 15) is 4.79 Å². The summed E-state index contributed by atoms with van der Waals surface area (Å²) in [6.07, 6.45) is 2.33. The number of anilines is 1. The normalized spacial score (nSPS) is 11.0. The van der Waals surface area contributed by atoms with E-state index in [0.717, 1.165) is 45.0 Å². The number of aryl methyl sites for hydroxylation is 1. The number of hydrogen-bond donors (Lipinski definition) is 0.